The molecule has 8 heteroatoms. The van der Waals surface area contributed by atoms with Crippen LogP contribution in [-0.4, -0.2) is 52.1 Å². The zero-order chi connectivity index (χ0) is 25.7. The third-order valence-electron chi connectivity index (χ3n) is 6.18. The molecule has 0 unspecified atom stereocenters. The molecule has 1 N–H and O–H groups in total. The minimum Gasteiger partial charge on any atom is -0.376 e. The van der Waals surface area contributed by atoms with E-state index in [0.29, 0.717) is 36.5 Å². The normalized spacial score (nSPS) is 15.3. The van der Waals surface area contributed by atoms with Gasteiger partial charge in [-0.3, -0.25) is 19.5 Å². The molecule has 1 aliphatic rings. The van der Waals surface area contributed by atoms with E-state index in [-0.39, 0.29) is 42.1 Å². The van der Waals surface area contributed by atoms with Crippen LogP contribution < -0.4 is 5.32 Å². The summed E-state index contributed by atoms with van der Waals surface area (Å²) in [6.45, 7) is 6.60. The number of amides is 2. The molecule has 7 nitrogen and oxygen atoms in total. The lowest BCUT2D eigenvalue weighted by atomic mass is 10.1. The smallest absolute Gasteiger partial charge is 0.246 e. The first-order valence-corrected chi connectivity index (χ1v) is 12.4. The standard InChI is InChI=1S/C28H33FN4O3/c1-19(2)14-27(35)32(16-23-10-7-13-36-23)18-26(34)31-28-30-25(21-8-5-4-6-9-21)17-33(28)22-12-11-20(3)24(29)15-22/h4-6,8-9,11-12,15,17,19,23H,7,10,13-14,16,18H2,1-3H3,(H,30,31,34)/t23-/m1/s1. The van der Waals surface area contributed by atoms with Gasteiger partial charge in [0.15, 0.2) is 0 Å². The van der Waals surface area contributed by atoms with Gasteiger partial charge >= 0.3 is 0 Å². The van der Waals surface area contributed by atoms with Crippen molar-refractivity contribution in [3.05, 3.63) is 66.1 Å². The van der Waals surface area contributed by atoms with E-state index in [1.165, 1.54) is 6.07 Å². The first-order chi connectivity index (χ1) is 17.3. The molecule has 1 saturated heterocycles. The summed E-state index contributed by atoms with van der Waals surface area (Å²) in [6, 6.07) is 14.4. The van der Waals surface area contributed by atoms with Crippen LogP contribution in [-0.2, 0) is 14.3 Å². The maximum Gasteiger partial charge on any atom is 0.246 e. The maximum absolute atomic E-state index is 14.4. The minimum atomic E-state index is -0.371. The summed E-state index contributed by atoms with van der Waals surface area (Å²) in [4.78, 5) is 32.3. The molecule has 190 valence electrons. The van der Waals surface area contributed by atoms with E-state index in [0.717, 1.165) is 18.4 Å². The van der Waals surface area contributed by atoms with Crippen molar-refractivity contribution in [2.75, 3.05) is 25.0 Å². The summed E-state index contributed by atoms with van der Waals surface area (Å²) >= 11 is 0. The van der Waals surface area contributed by atoms with Crippen LogP contribution in [0.4, 0.5) is 10.3 Å². The van der Waals surface area contributed by atoms with Gasteiger partial charge in [0, 0.05) is 31.3 Å². The van der Waals surface area contributed by atoms with Gasteiger partial charge in [0.25, 0.3) is 0 Å². The van der Waals surface area contributed by atoms with Crippen molar-refractivity contribution in [3.63, 3.8) is 0 Å². The second kappa shape index (κ2) is 11.5. The average Bonchev–Trinajstić information content (AvgIpc) is 3.51. The molecular formula is C28H33FN4O3. The largest absolute Gasteiger partial charge is 0.376 e. The Labute approximate surface area is 211 Å². The summed E-state index contributed by atoms with van der Waals surface area (Å²) < 4.78 is 21.7. The highest BCUT2D eigenvalue weighted by molar-refractivity contribution is 5.94. The van der Waals surface area contributed by atoms with E-state index in [9.17, 15) is 14.0 Å². The van der Waals surface area contributed by atoms with Crippen molar-refractivity contribution < 1.29 is 18.7 Å². The van der Waals surface area contributed by atoms with Gasteiger partial charge in [-0.1, -0.05) is 50.2 Å². The van der Waals surface area contributed by atoms with Crippen LogP contribution in [0.2, 0.25) is 0 Å². The lowest BCUT2D eigenvalue weighted by molar-refractivity contribution is -0.136. The fourth-order valence-electron chi connectivity index (χ4n) is 4.25. The summed E-state index contributed by atoms with van der Waals surface area (Å²) in [6.07, 6.45) is 3.89. The molecule has 1 fully saturated rings. The monoisotopic (exact) mass is 492 g/mol. The summed E-state index contributed by atoms with van der Waals surface area (Å²) in [7, 11) is 0. The van der Waals surface area contributed by atoms with Gasteiger partial charge in [-0.25, -0.2) is 9.37 Å². The van der Waals surface area contributed by atoms with Crippen LogP contribution in [0, 0.1) is 18.7 Å². The first kappa shape index (κ1) is 25.6. The molecule has 0 saturated carbocycles. The summed E-state index contributed by atoms with van der Waals surface area (Å²) in [5.74, 6) is -0.359. The maximum atomic E-state index is 14.4. The predicted octanol–water partition coefficient (Wildman–Crippen LogP) is 4.98. The fourth-order valence-corrected chi connectivity index (χ4v) is 4.25. The number of carbonyl (C=O) groups excluding carboxylic acids is 2. The Hall–Kier alpha value is -3.52. The van der Waals surface area contributed by atoms with Crippen molar-refractivity contribution >= 4 is 17.8 Å². The van der Waals surface area contributed by atoms with E-state index >= 15 is 0 Å². The number of anilines is 1. The number of aryl methyl sites for hydroxylation is 1. The van der Waals surface area contributed by atoms with Crippen molar-refractivity contribution in [1.29, 1.82) is 0 Å². The van der Waals surface area contributed by atoms with Gasteiger partial charge in [0.1, 0.15) is 12.4 Å². The molecule has 3 aromatic rings. The second-order valence-corrected chi connectivity index (χ2v) is 9.67. The van der Waals surface area contributed by atoms with Crippen molar-refractivity contribution in [2.24, 2.45) is 5.92 Å². The number of benzene rings is 2. The molecule has 2 aromatic carbocycles. The fraction of sp³-hybridized carbons (Fsp3) is 0.393. The van der Waals surface area contributed by atoms with E-state index in [4.69, 9.17) is 4.74 Å². The van der Waals surface area contributed by atoms with Crippen LogP contribution in [0.5, 0.6) is 0 Å². The molecule has 36 heavy (non-hydrogen) atoms. The third-order valence-corrected chi connectivity index (χ3v) is 6.18. The van der Waals surface area contributed by atoms with E-state index < -0.39 is 0 Å². The number of aromatic nitrogens is 2. The van der Waals surface area contributed by atoms with Gasteiger partial charge < -0.3 is 9.64 Å². The number of ether oxygens (including phenoxy) is 1. The number of hydrogen-bond acceptors (Lipinski definition) is 4. The zero-order valence-electron chi connectivity index (χ0n) is 21.0. The van der Waals surface area contributed by atoms with Crippen LogP contribution in [0.25, 0.3) is 16.9 Å². The van der Waals surface area contributed by atoms with Crippen LogP contribution in [0.15, 0.2) is 54.7 Å². The number of rotatable bonds is 9. The molecule has 0 radical (unpaired) electrons. The topological polar surface area (TPSA) is 76.5 Å². The highest BCUT2D eigenvalue weighted by Gasteiger charge is 2.25. The number of nitrogens with zero attached hydrogens (tertiary/aromatic N) is 3. The predicted molar refractivity (Wildman–Crippen MR) is 137 cm³/mol. The molecule has 2 heterocycles. The number of hydrogen-bond donors (Lipinski definition) is 1. The molecule has 0 bridgehead atoms. The third kappa shape index (κ3) is 6.37. The van der Waals surface area contributed by atoms with Crippen LogP contribution >= 0.6 is 0 Å². The highest BCUT2D eigenvalue weighted by Crippen LogP contribution is 2.25. The van der Waals surface area contributed by atoms with Gasteiger partial charge in [0.05, 0.1) is 17.5 Å². The SMILES string of the molecule is Cc1ccc(-n2cc(-c3ccccc3)nc2NC(=O)CN(C[C@H]2CCCO2)C(=O)CC(C)C)cc1F. The Kier molecular flexibility index (Phi) is 8.15. The van der Waals surface area contributed by atoms with Crippen LogP contribution in [0.1, 0.15) is 38.7 Å². The number of halogens is 1. The molecule has 0 aliphatic carbocycles. The molecule has 4 rings (SSSR count). The Morgan fingerprint density at radius 1 is 1.22 bits per heavy atom. The number of imidazole rings is 1. The van der Waals surface area contributed by atoms with Gasteiger partial charge in [-0.15, -0.1) is 0 Å². The number of nitrogens with one attached hydrogen (secondary N) is 1. The lowest BCUT2D eigenvalue weighted by Crippen LogP contribution is -2.42. The molecule has 1 atom stereocenters. The average molecular weight is 493 g/mol. The Morgan fingerprint density at radius 3 is 2.67 bits per heavy atom. The van der Waals surface area contributed by atoms with Crippen molar-refractivity contribution in [1.82, 2.24) is 14.5 Å². The summed E-state index contributed by atoms with van der Waals surface area (Å²) in [5.41, 5.74) is 2.57. The lowest BCUT2D eigenvalue weighted by Gasteiger charge is -2.25. The Balaban J connectivity index is 1.59. The second-order valence-electron chi connectivity index (χ2n) is 9.67. The van der Waals surface area contributed by atoms with Gasteiger partial charge in [-0.2, -0.15) is 0 Å². The van der Waals surface area contributed by atoms with Gasteiger partial charge in [-0.05, 0) is 43.4 Å². The first-order valence-electron chi connectivity index (χ1n) is 12.4. The number of carbonyl (C=O) groups is 2. The van der Waals surface area contributed by atoms with Crippen LogP contribution in [0.3, 0.4) is 0 Å². The Bertz CT molecular complexity index is 1200. The van der Waals surface area contributed by atoms with E-state index in [1.54, 1.807) is 34.7 Å². The zero-order valence-corrected chi connectivity index (χ0v) is 21.0. The molecule has 2 amide bonds. The van der Waals surface area contributed by atoms with E-state index in [1.807, 2.05) is 44.2 Å². The quantitative estimate of drug-likeness (QED) is 0.457. The van der Waals surface area contributed by atoms with E-state index in [2.05, 4.69) is 10.3 Å². The molecular weight excluding hydrogens is 459 g/mol. The van der Waals surface area contributed by atoms with Gasteiger partial charge in [0.2, 0.25) is 17.8 Å². The molecule has 1 aliphatic heterocycles. The molecule has 1 aromatic heterocycles. The minimum absolute atomic E-state index is 0.0592. The van der Waals surface area contributed by atoms with Crippen molar-refractivity contribution in [2.45, 2.75) is 46.1 Å². The summed E-state index contributed by atoms with van der Waals surface area (Å²) in [5, 5.41) is 2.85. The Morgan fingerprint density at radius 2 is 2.00 bits per heavy atom. The molecule has 0 spiro atoms. The highest BCUT2D eigenvalue weighted by atomic mass is 19.1. The van der Waals surface area contributed by atoms with Crippen molar-refractivity contribution in [3.8, 4) is 16.9 Å².